The first-order chi connectivity index (χ1) is 14.0. The molecule has 7 heteroatoms. The second-order valence-electron chi connectivity index (χ2n) is 6.52. The third-order valence-corrected chi connectivity index (χ3v) is 4.54. The quantitative estimate of drug-likeness (QED) is 0.524. The Morgan fingerprint density at radius 3 is 2.17 bits per heavy atom. The number of anilines is 1. The monoisotopic (exact) mass is 398 g/mol. The van der Waals surface area contributed by atoms with Crippen LogP contribution >= 0.6 is 0 Å². The zero-order valence-corrected chi connectivity index (χ0v) is 16.9. The number of carbonyl (C=O) groups is 3. The minimum absolute atomic E-state index is 0.148. The van der Waals surface area contributed by atoms with E-state index < -0.39 is 0 Å². The predicted octanol–water partition coefficient (Wildman–Crippen LogP) is 1.14. The Labute approximate surface area is 171 Å². The smallest absolute Gasteiger partial charge is 0.338 e. The summed E-state index contributed by atoms with van der Waals surface area (Å²) in [4.78, 5) is 37.4. The van der Waals surface area contributed by atoms with Gasteiger partial charge in [-0.05, 0) is 50.2 Å². The van der Waals surface area contributed by atoms with E-state index in [-0.39, 0.29) is 24.3 Å². The van der Waals surface area contributed by atoms with E-state index >= 15 is 0 Å². The average Bonchev–Trinajstić information content (AvgIpc) is 2.76. The van der Waals surface area contributed by atoms with Gasteiger partial charge in [-0.3, -0.25) is 9.59 Å². The maximum atomic E-state index is 12.1. The van der Waals surface area contributed by atoms with Crippen molar-refractivity contribution in [1.82, 2.24) is 5.32 Å². The number of benzene rings is 2. The maximum Gasteiger partial charge on any atom is 0.338 e. The zero-order valence-electron chi connectivity index (χ0n) is 16.9. The van der Waals surface area contributed by atoms with Gasteiger partial charge in [0.1, 0.15) is 13.2 Å². The Hall–Kier alpha value is -3.19. The van der Waals surface area contributed by atoms with Crippen molar-refractivity contribution < 1.29 is 24.0 Å². The Kier molecular flexibility index (Phi) is 8.85. The molecule has 0 fully saturated rings. The summed E-state index contributed by atoms with van der Waals surface area (Å²) in [7, 11) is 0. The van der Waals surface area contributed by atoms with Gasteiger partial charge < -0.3 is 20.3 Å². The molecular weight excluding hydrogens is 370 g/mol. The van der Waals surface area contributed by atoms with E-state index in [9.17, 15) is 14.4 Å². The Morgan fingerprint density at radius 2 is 1.55 bits per heavy atom. The first-order valence-corrected chi connectivity index (χ1v) is 9.77. The van der Waals surface area contributed by atoms with Gasteiger partial charge in [-0.25, -0.2) is 4.79 Å². The topological polar surface area (TPSA) is 88.9 Å². The molecule has 7 nitrogen and oxygen atoms in total. The molecule has 3 N–H and O–H groups in total. The van der Waals surface area contributed by atoms with Gasteiger partial charge in [-0.15, -0.1) is 0 Å². The van der Waals surface area contributed by atoms with Crippen molar-refractivity contribution in [2.45, 2.75) is 13.8 Å². The predicted molar refractivity (Wildman–Crippen MR) is 111 cm³/mol. The number of rotatable bonds is 10. The highest BCUT2D eigenvalue weighted by atomic mass is 16.5. The molecule has 2 rings (SSSR count). The van der Waals surface area contributed by atoms with E-state index in [4.69, 9.17) is 4.74 Å². The first kappa shape index (κ1) is 22.1. The molecular formula is C22H28N3O4+. The molecule has 2 aromatic carbocycles. The molecule has 0 atom stereocenters. The molecule has 0 bridgehead atoms. The second-order valence-corrected chi connectivity index (χ2v) is 6.52. The molecule has 0 aliphatic rings. The number of carbonyl (C=O) groups excluding carboxylic acids is 3. The van der Waals surface area contributed by atoms with Gasteiger partial charge in [0.15, 0.2) is 0 Å². The van der Waals surface area contributed by atoms with Crippen LogP contribution in [0.2, 0.25) is 0 Å². The summed E-state index contributed by atoms with van der Waals surface area (Å²) in [5.74, 6) is -1.05. The van der Waals surface area contributed by atoms with Gasteiger partial charge in [0, 0.05) is 11.3 Å². The maximum absolute atomic E-state index is 12.1. The molecule has 0 heterocycles. The largest absolute Gasteiger partial charge is 0.456 e. The van der Waals surface area contributed by atoms with Gasteiger partial charge in [0.05, 0.1) is 25.2 Å². The van der Waals surface area contributed by atoms with Crippen LogP contribution in [0, 0.1) is 0 Å². The summed E-state index contributed by atoms with van der Waals surface area (Å²) >= 11 is 0. The molecule has 0 aliphatic heterocycles. The lowest BCUT2D eigenvalue weighted by atomic mass is 10.2. The SMILES string of the molecule is CC[NH+](CC)CCOC(=O)c1ccc(NC(=O)CNC(=O)c2ccccc2)cc1. The van der Waals surface area contributed by atoms with Gasteiger partial charge in [0.25, 0.3) is 5.91 Å². The van der Waals surface area contributed by atoms with Crippen LogP contribution in [0.4, 0.5) is 5.69 Å². The van der Waals surface area contributed by atoms with Crippen LogP contribution in [0.5, 0.6) is 0 Å². The van der Waals surface area contributed by atoms with E-state index in [2.05, 4.69) is 24.5 Å². The molecule has 0 spiro atoms. The molecule has 0 saturated heterocycles. The van der Waals surface area contributed by atoms with Crippen molar-refractivity contribution in [3.63, 3.8) is 0 Å². The standard InChI is InChI=1S/C22H27N3O4/c1-3-25(4-2)14-15-29-22(28)18-10-12-19(13-11-18)24-20(26)16-23-21(27)17-8-6-5-7-9-17/h5-13H,3-4,14-16H2,1-2H3,(H,23,27)(H,24,26)/p+1. The van der Waals surface area contributed by atoms with Crippen LogP contribution in [0.1, 0.15) is 34.6 Å². The summed E-state index contributed by atoms with van der Waals surface area (Å²) in [5.41, 5.74) is 1.45. The second kappa shape index (κ2) is 11.6. The molecule has 0 radical (unpaired) electrons. The highest BCUT2D eigenvalue weighted by molar-refractivity contribution is 5.99. The van der Waals surface area contributed by atoms with Gasteiger partial charge in [-0.2, -0.15) is 0 Å². The lowest BCUT2D eigenvalue weighted by Gasteiger charge is -2.15. The molecule has 0 aromatic heterocycles. The molecule has 154 valence electrons. The highest BCUT2D eigenvalue weighted by Crippen LogP contribution is 2.10. The number of amides is 2. The fourth-order valence-corrected chi connectivity index (χ4v) is 2.72. The number of esters is 1. The molecule has 0 aliphatic carbocycles. The molecule has 2 aromatic rings. The fourth-order valence-electron chi connectivity index (χ4n) is 2.72. The number of likely N-dealkylation sites (N-methyl/N-ethyl adjacent to an activating group) is 1. The Morgan fingerprint density at radius 1 is 0.897 bits per heavy atom. The third-order valence-electron chi connectivity index (χ3n) is 4.54. The van der Waals surface area contributed by atoms with E-state index in [0.717, 1.165) is 19.6 Å². The number of hydrogen-bond donors (Lipinski definition) is 3. The third kappa shape index (κ3) is 7.38. The van der Waals surface area contributed by atoms with Gasteiger partial charge in [0.2, 0.25) is 5.91 Å². The van der Waals surface area contributed by atoms with Crippen molar-refractivity contribution in [3.05, 3.63) is 65.7 Å². The number of ether oxygens (including phenoxy) is 1. The number of nitrogens with one attached hydrogen (secondary N) is 3. The van der Waals surface area contributed by atoms with Crippen molar-refractivity contribution in [2.75, 3.05) is 38.1 Å². The van der Waals surface area contributed by atoms with Crippen LogP contribution < -0.4 is 15.5 Å². The minimum Gasteiger partial charge on any atom is -0.456 e. The molecule has 0 unspecified atom stereocenters. The average molecular weight is 398 g/mol. The van der Waals surface area contributed by atoms with Crippen LogP contribution in [0.25, 0.3) is 0 Å². The highest BCUT2D eigenvalue weighted by Gasteiger charge is 2.11. The summed E-state index contributed by atoms with van der Waals surface area (Å²) in [5, 5.41) is 5.24. The fraction of sp³-hybridized carbons (Fsp3) is 0.318. The van der Waals surface area contributed by atoms with Crippen LogP contribution in [-0.4, -0.2) is 50.6 Å². The van der Waals surface area contributed by atoms with Crippen molar-refractivity contribution in [1.29, 1.82) is 0 Å². The summed E-state index contributed by atoms with van der Waals surface area (Å²) in [6.07, 6.45) is 0. The molecule has 29 heavy (non-hydrogen) atoms. The van der Waals surface area contributed by atoms with E-state index in [1.54, 1.807) is 48.5 Å². The molecule has 2 amide bonds. The van der Waals surface area contributed by atoms with Crippen LogP contribution in [0.15, 0.2) is 54.6 Å². The summed E-state index contributed by atoms with van der Waals surface area (Å²) in [6.45, 7) is 7.19. The minimum atomic E-state index is -0.385. The van der Waals surface area contributed by atoms with Crippen molar-refractivity contribution in [3.8, 4) is 0 Å². The first-order valence-electron chi connectivity index (χ1n) is 9.77. The van der Waals surface area contributed by atoms with Crippen molar-refractivity contribution >= 4 is 23.5 Å². The zero-order chi connectivity index (χ0) is 21.1. The number of hydrogen-bond acceptors (Lipinski definition) is 4. The van der Waals surface area contributed by atoms with Gasteiger partial charge in [-0.1, -0.05) is 18.2 Å². The summed E-state index contributed by atoms with van der Waals surface area (Å²) < 4.78 is 5.30. The van der Waals surface area contributed by atoms with Crippen molar-refractivity contribution in [2.24, 2.45) is 0 Å². The van der Waals surface area contributed by atoms with E-state index in [0.29, 0.717) is 23.4 Å². The van der Waals surface area contributed by atoms with Gasteiger partial charge >= 0.3 is 5.97 Å². The van der Waals surface area contributed by atoms with Crippen LogP contribution in [0.3, 0.4) is 0 Å². The molecule has 0 saturated carbocycles. The Bertz CT molecular complexity index is 803. The lowest BCUT2D eigenvalue weighted by Crippen LogP contribution is -3.11. The van der Waals surface area contributed by atoms with E-state index in [1.807, 2.05) is 6.07 Å². The number of quaternary nitrogens is 1. The lowest BCUT2D eigenvalue weighted by molar-refractivity contribution is -0.896. The summed E-state index contributed by atoms with van der Waals surface area (Å²) in [6, 6.07) is 15.1. The normalized spacial score (nSPS) is 10.4. The van der Waals surface area contributed by atoms with Crippen LogP contribution in [-0.2, 0) is 9.53 Å². The Balaban J connectivity index is 1.77. The van der Waals surface area contributed by atoms with E-state index in [1.165, 1.54) is 4.90 Å².